The van der Waals surface area contributed by atoms with Crippen LogP contribution in [0.4, 0.5) is 13.2 Å². The van der Waals surface area contributed by atoms with E-state index < -0.39 is 17.4 Å². The molecule has 0 radical (unpaired) electrons. The summed E-state index contributed by atoms with van der Waals surface area (Å²) in [5.74, 6) is -0.390. The van der Waals surface area contributed by atoms with Crippen molar-refractivity contribution in [3.8, 4) is 5.69 Å². The molecule has 0 saturated carbocycles. The molecule has 0 atom stereocenters. The van der Waals surface area contributed by atoms with E-state index in [1.807, 2.05) is 13.8 Å². The molecule has 2 aromatic rings. The highest BCUT2D eigenvalue weighted by Gasteiger charge is 2.35. The third kappa shape index (κ3) is 4.98. The normalized spacial score (nSPS) is 11.8. The quantitative estimate of drug-likeness (QED) is 0.792. The van der Waals surface area contributed by atoms with E-state index in [2.05, 4.69) is 10.4 Å². The average molecular weight is 391 g/mol. The second-order valence-corrected chi connectivity index (χ2v) is 5.93. The van der Waals surface area contributed by atoms with Gasteiger partial charge in [0.2, 0.25) is 0 Å². The Kier molecular flexibility index (Phi) is 7.23. The third-order valence-electron chi connectivity index (χ3n) is 4.30. The van der Waals surface area contributed by atoms with Crippen LogP contribution in [0.15, 0.2) is 36.5 Å². The molecule has 1 amide bonds. The number of carbonyl (C=O) groups excluding carboxylic acids is 1. The summed E-state index contributed by atoms with van der Waals surface area (Å²) >= 11 is 0. The fourth-order valence-electron chi connectivity index (χ4n) is 2.36. The summed E-state index contributed by atoms with van der Waals surface area (Å²) in [5, 5.41) is 6.45. The lowest BCUT2D eigenvalue weighted by atomic mass is 9.94. The molecule has 0 aliphatic heterocycles. The number of nitrogens with one attached hydrogen (secondary N) is 1. The molecule has 0 bridgehead atoms. The molecule has 0 spiro atoms. The van der Waals surface area contributed by atoms with Gasteiger partial charge in [-0.2, -0.15) is 18.3 Å². The number of halogens is 4. The molecule has 1 heterocycles. The van der Waals surface area contributed by atoms with Crippen molar-refractivity contribution in [3.05, 3.63) is 47.8 Å². The molecule has 1 aromatic carbocycles. The molecule has 0 aliphatic carbocycles. The van der Waals surface area contributed by atoms with Crippen LogP contribution in [0.3, 0.4) is 0 Å². The van der Waals surface area contributed by atoms with Crippen LogP contribution in [-0.2, 0) is 6.18 Å². The number of nitrogens with two attached hydrogens (primary N) is 1. The predicted octanol–water partition coefficient (Wildman–Crippen LogP) is 3.56. The molecule has 0 fully saturated rings. The van der Waals surface area contributed by atoms with Gasteiger partial charge in [0, 0.05) is 17.6 Å². The fraction of sp³-hybridized carbons (Fsp3) is 0.412. The Morgan fingerprint density at radius 3 is 2.46 bits per heavy atom. The molecule has 1 aromatic heterocycles. The van der Waals surface area contributed by atoms with Gasteiger partial charge < -0.3 is 11.1 Å². The van der Waals surface area contributed by atoms with Crippen LogP contribution in [0.25, 0.3) is 5.69 Å². The van der Waals surface area contributed by atoms with Crippen LogP contribution in [0.5, 0.6) is 0 Å². The number of rotatable bonds is 6. The first-order valence-corrected chi connectivity index (χ1v) is 7.99. The van der Waals surface area contributed by atoms with Gasteiger partial charge in [-0.15, -0.1) is 12.4 Å². The van der Waals surface area contributed by atoms with E-state index in [0.29, 0.717) is 19.4 Å². The maximum atomic E-state index is 13.0. The maximum Gasteiger partial charge on any atom is 0.433 e. The van der Waals surface area contributed by atoms with Gasteiger partial charge >= 0.3 is 6.18 Å². The topological polar surface area (TPSA) is 72.9 Å². The monoisotopic (exact) mass is 390 g/mol. The van der Waals surface area contributed by atoms with E-state index in [-0.39, 0.29) is 29.6 Å². The lowest BCUT2D eigenvalue weighted by Crippen LogP contribution is -2.49. The first-order valence-electron chi connectivity index (χ1n) is 7.99. The van der Waals surface area contributed by atoms with Gasteiger partial charge in [0.15, 0.2) is 0 Å². The van der Waals surface area contributed by atoms with Crippen LogP contribution in [0, 0.1) is 0 Å². The minimum atomic E-state index is -4.53. The van der Waals surface area contributed by atoms with E-state index in [0.717, 1.165) is 16.9 Å². The summed E-state index contributed by atoms with van der Waals surface area (Å²) in [6, 6.07) is 6.77. The Labute approximate surface area is 156 Å². The highest BCUT2D eigenvalue weighted by Crippen LogP contribution is 2.30. The summed E-state index contributed by atoms with van der Waals surface area (Å²) in [6.07, 6.45) is -2.06. The number of benzene rings is 1. The fourth-order valence-corrected chi connectivity index (χ4v) is 2.36. The number of amides is 1. The highest BCUT2D eigenvalue weighted by molar-refractivity contribution is 5.94. The van der Waals surface area contributed by atoms with Gasteiger partial charge in [0.25, 0.3) is 5.91 Å². The van der Waals surface area contributed by atoms with Crippen LogP contribution in [-0.4, -0.2) is 27.8 Å². The highest BCUT2D eigenvalue weighted by atomic mass is 35.5. The molecular weight excluding hydrogens is 369 g/mol. The van der Waals surface area contributed by atoms with Gasteiger partial charge in [0.1, 0.15) is 5.69 Å². The van der Waals surface area contributed by atoms with E-state index in [1.165, 1.54) is 24.3 Å². The number of hydrogen-bond acceptors (Lipinski definition) is 3. The zero-order valence-electron chi connectivity index (χ0n) is 14.5. The first kappa shape index (κ1) is 22.0. The van der Waals surface area contributed by atoms with Crippen LogP contribution in [0.1, 0.15) is 42.7 Å². The van der Waals surface area contributed by atoms with Crippen molar-refractivity contribution < 1.29 is 18.0 Å². The van der Waals surface area contributed by atoms with Crippen LogP contribution >= 0.6 is 12.4 Å². The largest absolute Gasteiger partial charge is 0.433 e. The lowest BCUT2D eigenvalue weighted by molar-refractivity contribution is -0.142. The van der Waals surface area contributed by atoms with Gasteiger partial charge in [-0.3, -0.25) is 4.79 Å². The standard InChI is InChI=1S/C17H21F3N4O.ClH/c1-3-16(21,4-2)11-22-15(25)12-6-5-7-13(10-12)24-14(8-9-23-24)17(18,19)20;/h5-10H,3-4,11,21H2,1-2H3,(H,22,25);1H. The average Bonchev–Trinajstić information content (AvgIpc) is 3.09. The first-order chi connectivity index (χ1) is 11.7. The van der Waals surface area contributed by atoms with Crippen molar-refractivity contribution in [1.82, 2.24) is 15.1 Å². The molecule has 3 N–H and O–H groups in total. The number of aromatic nitrogens is 2. The van der Waals surface area contributed by atoms with Crippen molar-refractivity contribution >= 4 is 18.3 Å². The Morgan fingerprint density at radius 2 is 1.88 bits per heavy atom. The van der Waals surface area contributed by atoms with Crippen molar-refractivity contribution in [2.24, 2.45) is 5.73 Å². The molecule has 0 unspecified atom stereocenters. The number of nitrogens with zero attached hydrogens (tertiary/aromatic N) is 2. The minimum absolute atomic E-state index is 0. The molecular formula is C17H22ClF3N4O. The number of carbonyl (C=O) groups is 1. The Balaban J connectivity index is 0.00000338. The zero-order chi connectivity index (χ0) is 18.7. The van der Waals surface area contributed by atoms with Gasteiger partial charge in [-0.1, -0.05) is 19.9 Å². The van der Waals surface area contributed by atoms with E-state index in [9.17, 15) is 18.0 Å². The summed E-state index contributed by atoms with van der Waals surface area (Å²) in [4.78, 5) is 12.3. The Morgan fingerprint density at radius 1 is 1.23 bits per heavy atom. The van der Waals surface area contributed by atoms with Crippen molar-refractivity contribution in [3.63, 3.8) is 0 Å². The molecule has 26 heavy (non-hydrogen) atoms. The third-order valence-corrected chi connectivity index (χ3v) is 4.30. The number of hydrogen-bond donors (Lipinski definition) is 2. The summed E-state index contributed by atoms with van der Waals surface area (Å²) in [7, 11) is 0. The van der Waals surface area contributed by atoms with Crippen molar-refractivity contribution in [2.45, 2.75) is 38.4 Å². The Bertz CT molecular complexity index is 742. The van der Waals surface area contributed by atoms with Crippen LogP contribution in [0.2, 0.25) is 0 Å². The Hall–Kier alpha value is -2.06. The molecule has 0 saturated heterocycles. The molecule has 9 heteroatoms. The molecule has 5 nitrogen and oxygen atoms in total. The van der Waals surface area contributed by atoms with Crippen molar-refractivity contribution in [1.29, 1.82) is 0 Å². The second-order valence-electron chi connectivity index (χ2n) is 5.93. The lowest BCUT2D eigenvalue weighted by Gasteiger charge is -2.26. The van der Waals surface area contributed by atoms with Gasteiger partial charge in [-0.25, -0.2) is 4.68 Å². The predicted molar refractivity (Wildman–Crippen MR) is 95.6 cm³/mol. The summed E-state index contributed by atoms with van der Waals surface area (Å²) in [6.45, 7) is 4.16. The molecule has 0 aliphatic rings. The molecule has 2 rings (SSSR count). The smallest absolute Gasteiger partial charge is 0.350 e. The minimum Gasteiger partial charge on any atom is -0.350 e. The zero-order valence-corrected chi connectivity index (χ0v) is 15.3. The van der Waals surface area contributed by atoms with Gasteiger partial charge in [-0.05, 0) is 37.1 Å². The maximum absolute atomic E-state index is 13.0. The van der Waals surface area contributed by atoms with Crippen molar-refractivity contribution in [2.75, 3.05) is 6.54 Å². The summed E-state index contributed by atoms with van der Waals surface area (Å²) in [5.41, 5.74) is 5.15. The van der Waals surface area contributed by atoms with Gasteiger partial charge in [0.05, 0.1) is 11.9 Å². The van der Waals surface area contributed by atoms with E-state index in [4.69, 9.17) is 5.73 Å². The molecule has 144 valence electrons. The second kappa shape index (κ2) is 8.55. The SMILES string of the molecule is CCC(N)(CC)CNC(=O)c1cccc(-n2nccc2C(F)(F)F)c1.Cl. The van der Waals surface area contributed by atoms with Crippen LogP contribution < -0.4 is 11.1 Å². The van der Waals surface area contributed by atoms with E-state index >= 15 is 0 Å². The number of alkyl halides is 3. The van der Waals surface area contributed by atoms with E-state index in [1.54, 1.807) is 0 Å². The summed E-state index contributed by atoms with van der Waals surface area (Å²) < 4.78 is 39.8.